The molecule has 5 atom stereocenters. The number of hydrogen-bond acceptors (Lipinski definition) is 2. The molecular weight excluding hydrogens is 172 g/mol. The molecule has 4 aliphatic rings. The highest BCUT2D eigenvalue weighted by atomic mass is 15.1. The number of fused-ring (bicyclic) bond motifs is 2. The minimum atomic E-state index is 0.862. The van der Waals surface area contributed by atoms with Crippen LogP contribution < -0.4 is 5.73 Å². The van der Waals surface area contributed by atoms with Crippen LogP contribution in [0.4, 0.5) is 0 Å². The van der Waals surface area contributed by atoms with E-state index in [-0.39, 0.29) is 0 Å². The Morgan fingerprint density at radius 2 is 1.93 bits per heavy atom. The normalized spacial score (nSPS) is 52.3. The lowest BCUT2D eigenvalue weighted by Gasteiger charge is -2.49. The summed E-state index contributed by atoms with van der Waals surface area (Å²) in [6.07, 6.45) is 4.41. The quantitative estimate of drug-likeness (QED) is 0.679. The van der Waals surface area contributed by atoms with Gasteiger partial charge in [0.1, 0.15) is 0 Å². The van der Waals surface area contributed by atoms with E-state index in [1.54, 1.807) is 0 Å². The molecule has 2 bridgehead atoms. The van der Waals surface area contributed by atoms with E-state index in [1.807, 2.05) is 0 Å². The van der Waals surface area contributed by atoms with Crippen molar-refractivity contribution < 1.29 is 0 Å². The Morgan fingerprint density at radius 3 is 2.71 bits per heavy atom. The van der Waals surface area contributed by atoms with Crippen LogP contribution in [0.15, 0.2) is 0 Å². The summed E-state index contributed by atoms with van der Waals surface area (Å²) in [5.41, 5.74) is 5.89. The van der Waals surface area contributed by atoms with Crippen LogP contribution in [0.5, 0.6) is 0 Å². The lowest BCUT2D eigenvalue weighted by atomic mass is 9.55. The molecule has 0 aromatic carbocycles. The van der Waals surface area contributed by atoms with Crippen LogP contribution >= 0.6 is 0 Å². The van der Waals surface area contributed by atoms with Gasteiger partial charge in [-0.15, -0.1) is 0 Å². The Hall–Kier alpha value is -0.0800. The maximum atomic E-state index is 5.89. The van der Waals surface area contributed by atoms with Crippen LogP contribution in [-0.4, -0.2) is 31.6 Å². The molecule has 1 aliphatic heterocycles. The molecule has 1 saturated heterocycles. The van der Waals surface area contributed by atoms with Gasteiger partial charge in [-0.25, -0.2) is 0 Å². The van der Waals surface area contributed by atoms with E-state index < -0.39 is 0 Å². The van der Waals surface area contributed by atoms with E-state index in [4.69, 9.17) is 5.73 Å². The smallest absolute Gasteiger partial charge is 0.00127 e. The zero-order valence-electron chi connectivity index (χ0n) is 9.15. The minimum Gasteiger partial charge on any atom is -0.330 e. The molecule has 3 saturated carbocycles. The topological polar surface area (TPSA) is 29.3 Å². The lowest BCUT2D eigenvalue weighted by molar-refractivity contribution is 0.00728. The van der Waals surface area contributed by atoms with Gasteiger partial charge in [0.25, 0.3) is 0 Å². The van der Waals surface area contributed by atoms with Crippen LogP contribution in [0, 0.1) is 29.6 Å². The van der Waals surface area contributed by atoms with Gasteiger partial charge >= 0.3 is 0 Å². The van der Waals surface area contributed by atoms with Crippen LogP contribution in [0.3, 0.4) is 0 Å². The molecule has 2 nitrogen and oxygen atoms in total. The summed E-state index contributed by atoms with van der Waals surface area (Å²) < 4.78 is 0. The third kappa shape index (κ3) is 1.17. The summed E-state index contributed by atoms with van der Waals surface area (Å²) in [4.78, 5) is 2.54. The highest BCUT2D eigenvalue weighted by molar-refractivity contribution is 5.01. The summed E-state index contributed by atoms with van der Waals surface area (Å²) in [6, 6.07) is 0. The highest BCUT2D eigenvalue weighted by Gasteiger charge is 2.50. The molecule has 80 valence electrons. The Bertz CT molecular complexity index is 228. The molecule has 2 heteroatoms. The summed E-state index contributed by atoms with van der Waals surface area (Å²) in [5, 5.41) is 0. The maximum Gasteiger partial charge on any atom is 0.00127 e. The van der Waals surface area contributed by atoms with Gasteiger partial charge in [0, 0.05) is 13.1 Å². The fourth-order valence-corrected chi connectivity index (χ4v) is 4.56. The molecule has 14 heavy (non-hydrogen) atoms. The molecule has 4 rings (SSSR count). The SMILES string of the molecule is CN1C[C@@H]2[C@H](C1)[C@H]1CC[C@H]2[C@@H](CN)C1. The summed E-state index contributed by atoms with van der Waals surface area (Å²) in [5.74, 6) is 4.88. The van der Waals surface area contributed by atoms with Gasteiger partial charge in [0.2, 0.25) is 0 Å². The van der Waals surface area contributed by atoms with Crippen LogP contribution in [0.2, 0.25) is 0 Å². The Balaban J connectivity index is 1.84. The molecule has 3 aliphatic carbocycles. The van der Waals surface area contributed by atoms with Crippen molar-refractivity contribution in [2.75, 3.05) is 26.7 Å². The second-order valence-electron chi connectivity index (χ2n) is 5.78. The van der Waals surface area contributed by atoms with Gasteiger partial charge in [-0.1, -0.05) is 0 Å². The summed E-state index contributed by atoms with van der Waals surface area (Å²) in [6.45, 7) is 3.65. The summed E-state index contributed by atoms with van der Waals surface area (Å²) in [7, 11) is 2.29. The number of rotatable bonds is 1. The van der Waals surface area contributed by atoms with E-state index in [1.165, 1.54) is 32.4 Å². The first-order valence-electron chi connectivity index (χ1n) is 6.18. The fourth-order valence-electron chi connectivity index (χ4n) is 4.56. The van der Waals surface area contributed by atoms with Crippen molar-refractivity contribution in [1.82, 2.24) is 4.90 Å². The number of likely N-dealkylation sites (tertiary alicyclic amines) is 1. The molecule has 0 radical (unpaired) electrons. The van der Waals surface area contributed by atoms with Crippen molar-refractivity contribution in [2.45, 2.75) is 19.3 Å². The monoisotopic (exact) mass is 194 g/mol. The minimum absolute atomic E-state index is 0.862. The van der Waals surface area contributed by atoms with Crippen molar-refractivity contribution in [2.24, 2.45) is 35.3 Å². The number of nitrogens with zero attached hydrogens (tertiary/aromatic N) is 1. The fraction of sp³-hybridized carbons (Fsp3) is 1.00. The molecular formula is C12H22N2. The van der Waals surface area contributed by atoms with Gasteiger partial charge < -0.3 is 10.6 Å². The van der Waals surface area contributed by atoms with Crippen molar-refractivity contribution >= 4 is 0 Å². The Kier molecular flexibility index (Phi) is 2.10. The molecule has 0 aromatic rings. The molecule has 0 amide bonds. The molecule has 0 spiro atoms. The first-order valence-corrected chi connectivity index (χ1v) is 6.18. The number of hydrogen-bond donors (Lipinski definition) is 1. The molecule has 1 heterocycles. The third-order valence-corrected chi connectivity index (χ3v) is 5.13. The predicted molar refractivity (Wildman–Crippen MR) is 57.9 cm³/mol. The average Bonchev–Trinajstić information content (AvgIpc) is 2.61. The van der Waals surface area contributed by atoms with E-state index in [0.717, 1.165) is 36.1 Å². The Morgan fingerprint density at radius 1 is 1.14 bits per heavy atom. The Labute approximate surface area is 86.8 Å². The second-order valence-corrected chi connectivity index (χ2v) is 5.78. The van der Waals surface area contributed by atoms with Crippen LogP contribution in [-0.2, 0) is 0 Å². The highest BCUT2D eigenvalue weighted by Crippen LogP contribution is 2.53. The van der Waals surface area contributed by atoms with Crippen molar-refractivity contribution in [1.29, 1.82) is 0 Å². The zero-order chi connectivity index (χ0) is 9.71. The van der Waals surface area contributed by atoms with Gasteiger partial charge in [0.15, 0.2) is 0 Å². The first-order chi connectivity index (χ1) is 6.79. The van der Waals surface area contributed by atoms with Gasteiger partial charge in [-0.2, -0.15) is 0 Å². The van der Waals surface area contributed by atoms with Gasteiger partial charge in [-0.3, -0.25) is 0 Å². The van der Waals surface area contributed by atoms with E-state index >= 15 is 0 Å². The first kappa shape index (κ1) is 9.17. The largest absolute Gasteiger partial charge is 0.330 e. The summed E-state index contributed by atoms with van der Waals surface area (Å²) >= 11 is 0. The number of nitrogens with two attached hydrogens (primary N) is 1. The van der Waals surface area contributed by atoms with E-state index in [9.17, 15) is 0 Å². The molecule has 0 aromatic heterocycles. The maximum absolute atomic E-state index is 5.89. The lowest BCUT2D eigenvalue weighted by Crippen LogP contribution is -2.46. The van der Waals surface area contributed by atoms with Gasteiger partial charge in [0.05, 0.1) is 0 Å². The van der Waals surface area contributed by atoms with Crippen molar-refractivity contribution in [3.63, 3.8) is 0 Å². The van der Waals surface area contributed by atoms with Crippen molar-refractivity contribution in [3.05, 3.63) is 0 Å². The molecule has 0 unspecified atom stereocenters. The van der Waals surface area contributed by atoms with E-state index in [2.05, 4.69) is 11.9 Å². The van der Waals surface area contributed by atoms with E-state index in [0.29, 0.717) is 0 Å². The van der Waals surface area contributed by atoms with Crippen LogP contribution in [0.1, 0.15) is 19.3 Å². The molecule has 2 N–H and O–H groups in total. The predicted octanol–water partition coefficient (Wildman–Crippen LogP) is 1.17. The second kappa shape index (κ2) is 3.21. The van der Waals surface area contributed by atoms with Crippen LogP contribution in [0.25, 0.3) is 0 Å². The van der Waals surface area contributed by atoms with Gasteiger partial charge in [-0.05, 0) is 62.4 Å². The zero-order valence-corrected chi connectivity index (χ0v) is 9.15. The third-order valence-electron chi connectivity index (χ3n) is 5.13. The van der Waals surface area contributed by atoms with Crippen molar-refractivity contribution in [3.8, 4) is 0 Å². The molecule has 4 fully saturated rings. The average molecular weight is 194 g/mol. The standard InChI is InChI=1S/C12H22N2/c1-14-6-11-8-2-3-10(12(11)7-14)9(4-8)5-13/h8-12H,2-7,13H2,1H3/t8-,9+,10-,11+,12-/m0/s1.